The van der Waals surface area contributed by atoms with E-state index < -0.39 is 17.7 Å². The van der Waals surface area contributed by atoms with Crippen molar-refractivity contribution in [2.75, 3.05) is 26.1 Å². The van der Waals surface area contributed by atoms with Crippen molar-refractivity contribution < 1.29 is 27.5 Å². The molecular formula is C28H31F2N3O4. The molecule has 3 unspecified atom stereocenters. The third-order valence-electron chi connectivity index (χ3n) is 7.81. The van der Waals surface area contributed by atoms with Gasteiger partial charge >= 0.3 is 6.03 Å². The Hall–Kier alpha value is -3.59. The van der Waals surface area contributed by atoms with E-state index >= 15 is 0 Å². The molecule has 37 heavy (non-hydrogen) atoms. The average Bonchev–Trinajstić information content (AvgIpc) is 3.55. The molecule has 3 aromatic rings. The lowest BCUT2D eigenvalue weighted by atomic mass is 9.65. The van der Waals surface area contributed by atoms with Crippen LogP contribution in [0.3, 0.4) is 0 Å². The SMILES string of the molecule is COc1ccc(C23CCC(NC(=O)Nc4ccc(F)c(F)c4)CC2N(Cc2ccoc2)CC3)cc1OC. The molecule has 0 bridgehead atoms. The average molecular weight is 512 g/mol. The summed E-state index contributed by atoms with van der Waals surface area (Å²) in [5.41, 5.74) is 2.41. The van der Waals surface area contributed by atoms with Gasteiger partial charge in [-0.1, -0.05) is 6.07 Å². The van der Waals surface area contributed by atoms with Gasteiger partial charge in [0.05, 0.1) is 26.7 Å². The van der Waals surface area contributed by atoms with Crippen LogP contribution in [0.5, 0.6) is 11.5 Å². The highest BCUT2D eigenvalue weighted by molar-refractivity contribution is 5.89. The number of fused-ring (bicyclic) bond motifs is 1. The van der Waals surface area contributed by atoms with Gasteiger partial charge in [0.15, 0.2) is 23.1 Å². The first kappa shape index (κ1) is 25.1. The molecule has 0 spiro atoms. The Morgan fingerprint density at radius 2 is 1.92 bits per heavy atom. The van der Waals surface area contributed by atoms with Crippen molar-refractivity contribution in [2.24, 2.45) is 0 Å². The number of carbonyl (C=O) groups excluding carboxylic acids is 1. The van der Waals surface area contributed by atoms with Crippen LogP contribution in [0.1, 0.15) is 36.8 Å². The first-order valence-electron chi connectivity index (χ1n) is 12.4. The van der Waals surface area contributed by atoms with E-state index in [0.717, 1.165) is 56.5 Å². The molecule has 2 heterocycles. The van der Waals surface area contributed by atoms with Crippen LogP contribution in [0.15, 0.2) is 59.4 Å². The molecular weight excluding hydrogens is 480 g/mol. The molecule has 9 heteroatoms. The molecule has 3 atom stereocenters. The number of likely N-dealkylation sites (tertiary alicyclic amines) is 1. The molecule has 2 N–H and O–H groups in total. The number of urea groups is 1. The molecule has 2 aliphatic rings. The summed E-state index contributed by atoms with van der Waals surface area (Å²) in [4.78, 5) is 15.2. The molecule has 1 aliphatic carbocycles. The maximum atomic E-state index is 13.6. The molecule has 7 nitrogen and oxygen atoms in total. The number of ether oxygens (including phenoxy) is 2. The standard InChI is InChI=1S/C28H31F2N3O4/c1-35-24-6-3-19(13-25(24)36-2)28-9-7-21(32-27(34)31-20-4-5-22(29)23(30)14-20)15-26(28)33(11-10-28)16-18-8-12-37-17-18/h3-6,8,12-14,17,21,26H,7,9-11,15-16H2,1-2H3,(H2,31,32,34). The first-order chi connectivity index (χ1) is 17.9. The molecule has 196 valence electrons. The lowest BCUT2D eigenvalue weighted by molar-refractivity contribution is 0.131. The number of methoxy groups -OCH3 is 2. The summed E-state index contributed by atoms with van der Waals surface area (Å²) in [7, 11) is 3.27. The minimum Gasteiger partial charge on any atom is -0.493 e. The van der Waals surface area contributed by atoms with Crippen molar-refractivity contribution in [3.63, 3.8) is 0 Å². The number of carbonyl (C=O) groups is 1. The van der Waals surface area contributed by atoms with Crippen molar-refractivity contribution >= 4 is 11.7 Å². The van der Waals surface area contributed by atoms with E-state index in [1.165, 1.54) is 11.6 Å². The Labute approximate surface area is 214 Å². The molecule has 2 aromatic carbocycles. The number of benzene rings is 2. The van der Waals surface area contributed by atoms with E-state index in [0.29, 0.717) is 11.5 Å². The number of furan rings is 1. The number of halogens is 2. The van der Waals surface area contributed by atoms with Gasteiger partial charge in [-0.25, -0.2) is 13.6 Å². The Balaban J connectivity index is 1.36. The molecule has 1 saturated carbocycles. The van der Waals surface area contributed by atoms with Gasteiger partial charge in [-0.2, -0.15) is 0 Å². The van der Waals surface area contributed by atoms with Crippen LogP contribution in [-0.2, 0) is 12.0 Å². The highest BCUT2D eigenvalue weighted by atomic mass is 19.2. The fourth-order valence-electron chi connectivity index (χ4n) is 5.99. The van der Waals surface area contributed by atoms with E-state index in [-0.39, 0.29) is 23.2 Å². The summed E-state index contributed by atoms with van der Waals surface area (Å²) in [5, 5.41) is 5.67. The summed E-state index contributed by atoms with van der Waals surface area (Å²) in [6.07, 6.45) is 6.85. The van der Waals surface area contributed by atoms with Crippen molar-refractivity contribution in [3.05, 3.63) is 77.8 Å². The van der Waals surface area contributed by atoms with Crippen molar-refractivity contribution in [3.8, 4) is 11.5 Å². The van der Waals surface area contributed by atoms with Gasteiger partial charge in [-0.15, -0.1) is 0 Å². The topological polar surface area (TPSA) is 76.0 Å². The number of hydrogen-bond donors (Lipinski definition) is 2. The lowest BCUT2D eigenvalue weighted by Crippen LogP contribution is -2.52. The van der Waals surface area contributed by atoms with Crippen LogP contribution < -0.4 is 20.1 Å². The molecule has 5 rings (SSSR count). The van der Waals surface area contributed by atoms with Crippen molar-refractivity contribution in [1.29, 1.82) is 0 Å². The van der Waals surface area contributed by atoms with Gasteiger partial charge in [0.1, 0.15) is 0 Å². The zero-order valence-electron chi connectivity index (χ0n) is 20.9. The Kier molecular flexibility index (Phi) is 7.06. The minimum atomic E-state index is -1.00. The van der Waals surface area contributed by atoms with Crippen LogP contribution >= 0.6 is 0 Å². The van der Waals surface area contributed by atoms with Crippen LogP contribution in [0.25, 0.3) is 0 Å². The largest absolute Gasteiger partial charge is 0.493 e. The third kappa shape index (κ3) is 5.00. The molecule has 1 aromatic heterocycles. The fourth-order valence-corrected chi connectivity index (χ4v) is 5.99. The zero-order valence-corrected chi connectivity index (χ0v) is 20.9. The van der Waals surface area contributed by atoms with E-state index in [1.807, 2.05) is 12.1 Å². The second-order valence-electron chi connectivity index (χ2n) is 9.79. The normalized spacial score (nSPS) is 23.4. The Morgan fingerprint density at radius 3 is 2.65 bits per heavy atom. The van der Waals surface area contributed by atoms with E-state index in [2.05, 4.69) is 27.7 Å². The quantitative estimate of drug-likeness (QED) is 0.441. The number of hydrogen-bond acceptors (Lipinski definition) is 5. The van der Waals surface area contributed by atoms with Crippen LogP contribution in [0, 0.1) is 11.6 Å². The monoisotopic (exact) mass is 511 g/mol. The predicted octanol–water partition coefficient (Wildman–Crippen LogP) is 5.46. The number of nitrogens with zero attached hydrogens (tertiary/aromatic N) is 1. The maximum absolute atomic E-state index is 13.6. The summed E-state index contributed by atoms with van der Waals surface area (Å²) in [5.74, 6) is -0.566. The lowest BCUT2D eigenvalue weighted by Gasteiger charge is -2.45. The van der Waals surface area contributed by atoms with E-state index in [9.17, 15) is 13.6 Å². The van der Waals surface area contributed by atoms with E-state index in [1.54, 1.807) is 26.7 Å². The second-order valence-corrected chi connectivity index (χ2v) is 9.79. The molecule has 1 saturated heterocycles. The summed E-state index contributed by atoms with van der Waals surface area (Å²) in [6.45, 7) is 1.67. The number of anilines is 1. The summed E-state index contributed by atoms with van der Waals surface area (Å²) < 4.78 is 43.2. The first-order valence-corrected chi connectivity index (χ1v) is 12.4. The smallest absolute Gasteiger partial charge is 0.319 e. The van der Waals surface area contributed by atoms with Gasteiger partial charge in [0.25, 0.3) is 0 Å². The van der Waals surface area contributed by atoms with Crippen LogP contribution in [0.4, 0.5) is 19.3 Å². The van der Waals surface area contributed by atoms with Gasteiger partial charge in [0, 0.05) is 41.4 Å². The molecule has 2 fully saturated rings. The summed E-state index contributed by atoms with van der Waals surface area (Å²) >= 11 is 0. The third-order valence-corrected chi connectivity index (χ3v) is 7.81. The Morgan fingerprint density at radius 1 is 1.08 bits per heavy atom. The minimum absolute atomic E-state index is 0.0755. The summed E-state index contributed by atoms with van der Waals surface area (Å²) in [6, 6.07) is 11.1. The van der Waals surface area contributed by atoms with Crippen molar-refractivity contribution in [2.45, 2.75) is 49.7 Å². The Bertz CT molecular complexity index is 1250. The van der Waals surface area contributed by atoms with E-state index in [4.69, 9.17) is 13.9 Å². The predicted molar refractivity (Wildman–Crippen MR) is 135 cm³/mol. The van der Waals surface area contributed by atoms with Gasteiger partial charge < -0.3 is 24.5 Å². The molecule has 1 aliphatic heterocycles. The highest BCUT2D eigenvalue weighted by Crippen LogP contribution is 2.50. The van der Waals surface area contributed by atoms with Gasteiger partial charge in [-0.05, 0) is 68.1 Å². The maximum Gasteiger partial charge on any atom is 0.319 e. The number of rotatable bonds is 7. The van der Waals surface area contributed by atoms with Crippen LogP contribution in [-0.4, -0.2) is 43.8 Å². The number of nitrogens with one attached hydrogen (secondary N) is 2. The van der Waals surface area contributed by atoms with Crippen LogP contribution in [0.2, 0.25) is 0 Å². The van der Waals surface area contributed by atoms with Crippen molar-refractivity contribution in [1.82, 2.24) is 10.2 Å². The zero-order chi connectivity index (χ0) is 26.0. The molecule has 2 amide bonds. The number of amides is 2. The highest BCUT2D eigenvalue weighted by Gasteiger charge is 2.51. The van der Waals surface area contributed by atoms with Gasteiger partial charge in [0.2, 0.25) is 0 Å². The van der Waals surface area contributed by atoms with Gasteiger partial charge in [-0.3, -0.25) is 4.90 Å². The fraction of sp³-hybridized carbons (Fsp3) is 0.393. The second kappa shape index (κ2) is 10.4. The molecule has 0 radical (unpaired) electrons.